The van der Waals surface area contributed by atoms with Crippen molar-refractivity contribution in [3.05, 3.63) is 64.0 Å². The quantitative estimate of drug-likeness (QED) is 0.551. The molecule has 0 bridgehead atoms. The smallest absolute Gasteiger partial charge is 0.450 e. The minimum atomic E-state index is -4.99. The second-order valence-corrected chi connectivity index (χ2v) is 6.79. The molecule has 1 atom stereocenters. The Bertz CT molecular complexity index is 1170. The number of halogens is 3. The van der Waals surface area contributed by atoms with Crippen LogP contribution in [0.1, 0.15) is 16.1 Å². The van der Waals surface area contributed by atoms with E-state index in [2.05, 4.69) is 5.32 Å². The van der Waals surface area contributed by atoms with E-state index in [9.17, 15) is 32.1 Å². The molecule has 1 aromatic heterocycles. The van der Waals surface area contributed by atoms with Crippen molar-refractivity contribution in [2.24, 2.45) is 0 Å². The van der Waals surface area contributed by atoms with Crippen LogP contribution in [-0.2, 0) is 17.3 Å². The zero-order valence-corrected chi connectivity index (χ0v) is 15.1. The van der Waals surface area contributed by atoms with Gasteiger partial charge in [-0.25, -0.2) is 4.21 Å². The fourth-order valence-corrected chi connectivity index (χ4v) is 2.92. The first-order valence-corrected chi connectivity index (χ1v) is 9.18. The molecule has 0 aliphatic carbocycles. The molecule has 2 aromatic carbocycles. The van der Waals surface area contributed by atoms with E-state index in [0.29, 0.717) is 0 Å². The molecule has 3 N–H and O–H groups in total. The summed E-state index contributed by atoms with van der Waals surface area (Å²) in [5, 5.41) is 11.5. The Kier molecular flexibility index (Phi) is 5.44. The molecule has 11 heteroatoms. The summed E-state index contributed by atoms with van der Waals surface area (Å²) >= 11 is -2.25. The highest BCUT2D eigenvalue weighted by molar-refractivity contribution is 7.79. The van der Waals surface area contributed by atoms with Crippen molar-refractivity contribution in [3.8, 4) is 16.9 Å². The van der Waals surface area contributed by atoms with Gasteiger partial charge in [0.15, 0.2) is 11.1 Å². The number of aromatic hydroxyl groups is 1. The lowest BCUT2D eigenvalue weighted by Gasteiger charge is -2.13. The monoisotopic (exact) mass is 427 g/mol. The lowest BCUT2D eigenvalue weighted by molar-refractivity contribution is -0.152. The van der Waals surface area contributed by atoms with Crippen molar-refractivity contribution < 1.29 is 36.3 Å². The molecule has 0 fully saturated rings. The first-order chi connectivity index (χ1) is 13.6. The third-order valence-corrected chi connectivity index (χ3v) is 4.32. The van der Waals surface area contributed by atoms with Crippen molar-refractivity contribution in [2.75, 3.05) is 5.88 Å². The number of hydrogen-bond donors (Lipinski definition) is 3. The van der Waals surface area contributed by atoms with Crippen LogP contribution in [-0.4, -0.2) is 25.7 Å². The second kappa shape index (κ2) is 7.68. The molecule has 7 nitrogen and oxygen atoms in total. The maximum atomic E-state index is 13.5. The highest BCUT2D eigenvalue weighted by Crippen LogP contribution is 2.37. The zero-order valence-electron chi connectivity index (χ0n) is 14.3. The minimum absolute atomic E-state index is 0.0165. The number of carbonyl (C=O) groups excluding carboxylic acids is 1. The van der Waals surface area contributed by atoms with Gasteiger partial charge in [-0.15, -0.1) is 0 Å². The van der Waals surface area contributed by atoms with Crippen LogP contribution in [0.5, 0.6) is 5.75 Å². The molecule has 3 rings (SSSR count). The molecule has 0 aliphatic heterocycles. The van der Waals surface area contributed by atoms with Crippen LogP contribution < -0.4 is 10.7 Å². The molecule has 1 heterocycles. The third-order valence-electron chi connectivity index (χ3n) is 3.93. The van der Waals surface area contributed by atoms with E-state index in [4.69, 9.17) is 8.97 Å². The molecule has 0 saturated heterocycles. The summed E-state index contributed by atoms with van der Waals surface area (Å²) in [7, 11) is 0. The van der Waals surface area contributed by atoms with Gasteiger partial charge >= 0.3 is 6.18 Å². The van der Waals surface area contributed by atoms with Crippen LogP contribution in [0.25, 0.3) is 22.1 Å². The Labute approximate surface area is 163 Å². The number of benzene rings is 2. The van der Waals surface area contributed by atoms with Crippen LogP contribution >= 0.6 is 0 Å². The Balaban J connectivity index is 2.12. The highest BCUT2D eigenvalue weighted by atomic mass is 32.2. The summed E-state index contributed by atoms with van der Waals surface area (Å²) in [6, 6.07) is 7.83. The number of carbonyl (C=O) groups is 1. The Morgan fingerprint density at radius 3 is 2.38 bits per heavy atom. The number of alkyl halides is 3. The van der Waals surface area contributed by atoms with Crippen LogP contribution in [0, 0.1) is 0 Å². The SMILES string of the molecule is O=C(NCS(=O)O)c1ccc(-c2c(C(F)(F)F)oc3cc(O)ccc3c2=O)cc1. The number of phenols is 1. The lowest BCUT2D eigenvalue weighted by Crippen LogP contribution is -2.26. The van der Waals surface area contributed by atoms with Gasteiger partial charge < -0.3 is 19.4 Å². The number of phenolic OH excluding ortho intramolecular Hbond substituents is 1. The summed E-state index contributed by atoms with van der Waals surface area (Å²) in [6.07, 6.45) is -4.99. The van der Waals surface area contributed by atoms with Crippen molar-refractivity contribution in [1.82, 2.24) is 5.32 Å². The normalized spacial score (nSPS) is 12.7. The van der Waals surface area contributed by atoms with E-state index >= 15 is 0 Å². The number of rotatable bonds is 4. The molecule has 0 saturated carbocycles. The van der Waals surface area contributed by atoms with E-state index in [-0.39, 0.29) is 22.3 Å². The molecule has 152 valence electrons. The summed E-state index contributed by atoms with van der Waals surface area (Å²) in [4.78, 5) is 24.6. The lowest BCUT2D eigenvalue weighted by atomic mass is 10.00. The summed E-state index contributed by atoms with van der Waals surface area (Å²) < 4.78 is 64.7. The van der Waals surface area contributed by atoms with E-state index < -0.39 is 51.4 Å². The standard InChI is InChI=1S/C18H12F3NO6S/c19-18(20,21)16-14(15(24)12-6-5-11(23)7-13(12)28-16)9-1-3-10(4-2-9)17(25)22-8-29(26)27/h1-7,23H,8H2,(H,22,25)(H,26,27). The fourth-order valence-electron chi connectivity index (χ4n) is 2.66. The summed E-state index contributed by atoms with van der Waals surface area (Å²) in [6.45, 7) is 0. The van der Waals surface area contributed by atoms with Gasteiger partial charge in [-0.3, -0.25) is 9.59 Å². The first kappa shape index (κ1) is 20.6. The Hall–Kier alpha value is -3.18. The average Bonchev–Trinajstić information content (AvgIpc) is 2.65. The summed E-state index contributed by atoms with van der Waals surface area (Å²) in [5.74, 6) is -3.12. The van der Waals surface area contributed by atoms with E-state index in [0.717, 1.165) is 30.3 Å². The number of hydrogen-bond acceptors (Lipinski definition) is 5. The fraction of sp³-hybridized carbons (Fsp3) is 0.111. The molecule has 0 radical (unpaired) electrons. The van der Waals surface area contributed by atoms with Gasteiger partial charge in [0.25, 0.3) is 5.91 Å². The zero-order chi connectivity index (χ0) is 21.3. The molecule has 1 amide bonds. The average molecular weight is 427 g/mol. The van der Waals surface area contributed by atoms with Gasteiger partial charge in [0, 0.05) is 11.6 Å². The molecule has 1 unspecified atom stereocenters. The maximum Gasteiger partial charge on any atom is 0.450 e. The van der Waals surface area contributed by atoms with Gasteiger partial charge in [-0.1, -0.05) is 12.1 Å². The van der Waals surface area contributed by atoms with Gasteiger partial charge in [0.05, 0.1) is 10.9 Å². The Morgan fingerprint density at radius 1 is 1.14 bits per heavy atom. The predicted molar refractivity (Wildman–Crippen MR) is 97.7 cm³/mol. The molecular weight excluding hydrogens is 415 g/mol. The van der Waals surface area contributed by atoms with Crippen LogP contribution in [0.3, 0.4) is 0 Å². The van der Waals surface area contributed by atoms with Crippen molar-refractivity contribution in [3.63, 3.8) is 0 Å². The molecule has 29 heavy (non-hydrogen) atoms. The first-order valence-electron chi connectivity index (χ1n) is 7.91. The van der Waals surface area contributed by atoms with Crippen molar-refractivity contribution in [2.45, 2.75) is 6.18 Å². The molecule has 3 aromatic rings. The van der Waals surface area contributed by atoms with Gasteiger partial charge in [0.1, 0.15) is 17.2 Å². The number of amides is 1. The van der Waals surface area contributed by atoms with Crippen molar-refractivity contribution in [1.29, 1.82) is 0 Å². The topological polar surface area (TPSA) is 117 Å². The predicted octanol–water partition coefficient (Wildman–Crippen LogP) is 3.09. The highest BCUT2D eigenvalue weighted by Gasteiger charge is 2.39. The van der Waals surface area contributed by atoms with Gasteiger partial charge in [0.2, 0.25) is 11.2 Å². The van der Waals surface area contributed by atoms with Crippen LogP contribution in [0.4, 0.5) is 13.2 Å². The van der Waals surface area contributed by atoms with Crippen LogP contribution in [0.15, 0.2) is 51.7 Å². The number of fused-ring (bicyclic) bond motifs is 1. The minimum Gasteiger partial charge on any atom is -0.508 e. The molecule has 0 spiro atoms. The van der Waals surface area contributed by atoms with E-state index in [1.54, 1.807) is 0 Å². The van der Waals surface area contributed by atoms with Crippen molar-refractivity contribution >= 4 is 28.0 Å². The van der Waals surface area contributed by atoms with E-state index in [1.165, 1.54) is 12.1 Å². The number of nitrogens with one attached hydrogen (secondary N) is 1. The molecule has 0 aliphatic rings. The van der Waals surface area contributed by atoms with Gasteiger partial charge in [-0.2, -0.15) is 13.2 Å². The van der Waals surface area contributed by atoms with Crippen LogP contribution in [0.2, 0.25) is 0 Å². The van der Waals surface area contributed by atoms with Gasteiger partial charge in [-0.05, 0) is 29.8 Å². The second-order valence-electron chi connectivity index (χ2n) is 5.86. The summed E-state index contributed by atoms with van der Waals surface area (Å²) in [5.41, 5.74) is -2.23. The third kappa shape index (κ3) is 4.30. The van der Waals surface area contributed by atoms with E-state index in [1.807, 2.05) is 0 Å². The molecular formula is C18H12F3NO6S. The maximum absolute atomic E-state index is 13.5. The Morgan fingerprint density at radius 2 is 1.79 bits per heavy atom. The largest absolute Gasteiger partial charge is 0.508 e.